The number of carbonyl (C=O) groups is 1. The van der Waals surface area contributed by atoms with Gasteiger partial charge in [-0.1, -0.05) is 90.4 Å². The zero-order valence-electron chi connectivity index (χ0n) is 17.1. The van der Waals surface area contributed by atoms with Gasteiger partial charge in [0, 0.05) is 12.5 Å². The van der Waals surface area contributed by atoms with Crippen LogP contribution in [0.5, 0.6) is 0 Å². The van der Waals surface area contributed by atoms with Crippen LogP contribution < -0.4 is 4.57 Å². The molecule has 148 valence electrons. The van der Waals surface area contributed by atoms with E-state index in [1.807, 2.05) is 17.8 Å². The van der Waals surface area contributed by atoms with Crippen molar-refractivity contribution in [3.05, 3.63) is 29.6 Å². The summed E-state index contributed by atoms with van der Waals surface area (Å²) in [6.45, 7) is 2.27. The van der Waals surface area contributed by atoms with Crippen molar-refractivity contribution in [3.8, 4) is 0 Å². The van der Waals surface area contributed by atoms with Crippen LogP contribution in [-0.4, -0.2) is 11.1 Å². The molecule has 0 bridgehead atoms. The molecule has 1 aromatic rings. The van der Waals surface area contributed by atoms with Gasteiger partial charge in [-0.25, -0.2) is 9.36 Å². The van der Waals surface area contributed by atoms with E-state index in [9.17, 15) is 9.90 Å². The van der Waals surface area contributed by atoms with Crippen LogP contribution in [0, 0.1) is 0 Å². The molecule has 0 aromatic carbocycles. The molecule has 1 N–H and O–H groups in total. The number of aromatic carboxylic acids is 1. The van der Waals surface area contributed by atoms with Gasteiger partial charge in [0.05, 0.1) is 0 Å². The van der Waals surface area contributed by atoms with Crippen molar-refractivity contribution >= 4 is 5.97 Å². The first-order chi connectivity index (χ1) is 12.7. The molecule has 0 amide bonds. The molecule has 0 saturated carbocycles. The molecule has 0 saturated heterocycles. The average Bonchev–Trinajstić information content (AvgIpc) is 2.62. The summed E-state index contributed by atoms with van der Waals surface area (Å²) in [6, 6.07) is 3.51. The van der Waals surface area contributed by atoms with Gasteiger partial charge in [-0.2, -0.15) is 0 Å². The Morgan fingerprint density at radius 3 is 1.77 bits per heavy atom. The fourth-order valence-corrected chi connectivity index (χ4v) is 3.64. The predicted molar refractivity (Wildman–Crippen MR) is 109 cm³/mol. The first-order valence-electron chi connectivity index (χ1n) is 10.9. The van der Waals surface area contributed by atoms with Crippen molar-refractivity contribution in [1.29, 1.82) is 0 Å². The van der Waals surface area contributed by atoms with E-state index in [-0.39, 0.29) is 0 Å². The topological polar surface area (TPSA) is 41.2 Å². The third-order valence-corrected chi connectivity index (χ3v) is 5.31. The first-order valence-corrected chi connectivity index (χ1v) is 10.9. The third-order valence-electron chi connectivity index (χ3n) is 5.31. The van der Waals surface area contributed by atoms with Gasteiger partial charge in [-0.3, -0.25) is 0 Å². The van der Waals surface area contributed by atoms with Gasteiger partial charge in [0.25, 0.3) is 0 Å². The van der Waals surface area contributed by atoms with E-state index in [4.69, 9.17) is 0 Å². The maximum atomic E-state index is 11.3. The van der Waals surface area contributed by atoms with Crippen LogP contribution in [0.4, 0.5) is 0 Å². The highest BCUT2D eigenvalue weighted by molar-refractivity contribution is 5.88. The van der Waals surface area contributed by atoms with E-state index in [1.54, 1.807) is 12.1 Å². The lowest BCUT2D eigenvalue weighted by molar-refractivity contribution is -0.679. The number of unbranched alkanes of at least 4 members (excludes halogenated alkanes) is 13. The maximum Gasteiger partial charge on any atom is 0.342 e. The maximum absolute atomic E-state index is 11.3. The summed E-state index contributed by atoms with van der Waals surface area (Å²) in [5.74, 6) is -0.818. The molecule has 0 radical (unpaired) electrons. The lowest BCUT2D eigenvalue weighted by Gasteiger charge is -2.05. The Balaban J connectivity index is 1.98. The molecule has 1 aromatic heterocycles. The second-order valence-corrected chi connectivity index (χ2v) is 7.63. The standard InChI is InChI=1S/C23H39NO2/c1-3-4-5-6-7-8-9-10-11-12-13-14-15-16-19-22-21(23(25)26)18-17-20-24(22)2/h17-18,20H,3-16,19H2,1-2H3/p+1. The quantitative estimate of drug-likeness (QED) is 0.279. The van der Waals surface area contributed by atoms with Crippen LogP contribution in [0.25, 0.3) is 0 Å². The van der Waals surface area contributed by atoms with Gasteiger partial charge < -0.3 is 5.11 Å². The normalized spacial score (nSPS) is 11.0. The van der Waals surface area contributed by atoms with Crippen molar-refractivity contribution in [2.24, 2.45) is 7.05 Å². The fraction of sp³-hybridized carbons (Fsp3) is 0.739. The number of carboxylic acid groups (broad SMARTS) is 1. The molecule has 3 nitrogen and oxygen atoms in total. The third kappa shape index (κ3) is 9.94. The smallest absolute Gasteiger partial charge is 0.342 e. The Hall–Kier alpha value is -1.38. The highest BCUT2D eigenvalue weighted by Gasteiger charge is 2.17. The summed E-state index contributed by atoms with van der Waals surface area (Å²) in [6.07, 6.45) is 21.7. The monoisotopic (exact) mass is 362 g/mol. The molecule has 0 atom stereocenters. The van der Waals surface area contributed by atoms with Gasteiger partial charge in [0.1, 0.15) is 12.6 Å². The minimum atomic E-state index is -0.818. The zero-order valence-corrected chi connectivity index (χ0v) is 17.1. The average molecular weight is 363 g/mol. The number of hydrogen-bond donors (Lipinski definition) is 1. The Morgan fingerprint density at radius 1 is 0.846 bits per heavy atom. The number of carboxylic acids is 1. The molecule has 0 aliphatic carbocycles. The van der Waals surface area contributed by atoms with Crippen LogP contribution in [0.2, 0.25) is 0 Å². The molecule has 0 fully saturated rings. The van der Waals surface area contributed by atoms with E-state index in [2.05, 4.69) is 6.92 Å². The summed E-state index contributed by atoms with van der Waals surface area (Å²) in [7, 11) is 1.94. The molecule has 0 aliphatic heterocycles. The summed E-state index contributed by atoms with van der Waals surface area (Å²) in [5, 5.41) is 9.29. The highest BCUT2D eigenvalue weighted by atomic mass is 16.4. The van der Waals surface area contributed by atoms with Gasteiger partial charge in [-0.15, -0.1) is 0 Å². The van der Waals surface area contributed by atoms with Crippen molar-refractivity contribution in [2.75, 3.05) is 0 Å². The van der Waals surface area contributed by atoms with E-state index in [0.29, 0.717) is 5.56 Å². The Bertz CT molecular complexity index is 499. The first kappa shape index (κ1) is 22.7. The van der Waals surface area contributed by atoms with E-state index in [1.165, 1.54) is 83.5 Å². The molecule has 1 rings (SSSR count). The van der Waals surface area contributed by atoms with Crippen molar-refractivity contribution in [2.45, 2.75) is 103 Å². The zero-order chi connectivity index (χ0) is 19.0. The predicted octanol–water partition coefficient (Wildman–Crippen LogP) is 6.23. The summed E-state index contributed by atoms with van der Waals surface area (Å²) in [5.41, 5.74) is 1.39. The minimum absolute atomic E-state index is 0.449. The molecule has 26 heavy (non-hydrogen) atoms. The molecule has 0 unspecified atom stereocenters. The largest absolute Gasteiger partial charge is 0.477 e. The molecule has 0 spiro atoms. The number of pyridine rings is 1. The molecular formula is C23H40NO2+. The number of aryl methyl sites for hydroxylation is 1. The summed E-state index contributed by atoms with van der Waals surface area (Å²) >= 11 is 0. The Labute approximate surface area is 160 Å². The van der Waals surface area contributed by atoms with Crippen LogP contribution in [0.1, 0.15) is 113 Å². The van der Waals surface area contributed by atoms with E-state index in [0.717, 1.165) is 18.5 Å². The summed E-state index contributed by atoms with van der Waals surface area (Å²) in [4.78, 5) is 11.3. The lowest BCUT2D eigenvalue weighted by atomic mass is 10.0. The fourth-order valence-electron chi connectivity index (χ4n) is 3.64. The number of hydrogen-bond acceptors (Lipinski definition) is 1. The number of nitrogens with zero attached hydrogens (tertiary/aromatic N) is 1. The number of rotatable bonds is 16. The number of aromatic nitrogens is 1. The van der Waals surface area contributed by atoms with Crippen LogP contribution in [-0.2, 0) is 13.5 Å². The molecule has 3 heteroatoms. The van der Waals surface area contributed by atoms with Crippen molar-refractivity contribution < 1.29 is 14.5 Å². The van der Waals surface area contributed by atoms with Crippen LogP contribution in [0.15, 0.2) is 18.3 Å². The Kier molecular flexibility index (Phi) is 12.9. The minimum Gasteiger partial charge on any atom is -0.477 e. The van der Waals surface area contributed by atoms with Crippen molar-refractivity contribution in [3.63, 3.8) is 0 Å². The second-order valence-electron chi connectivity index (χ2n) is 7.63. The molecule has 1 heterocycles. The molecule has 0 aliphatic rings. The van der Waals surface area contributed by atoms with Crippen molar-refractivity contribution in [1.82, 2.24) is 0 Å². The van der Waals surface area contributed by atoms with Gasteiger partial charge in [0.2, 0.25) is 0 Å². The van der Waals surface area contributed by atoms with Crippen LogP contribution in [0.3, 0.4) is 0 Å². The highest BCUT2D eigenvalue weighted by Crippen LogP contribution is 2.14. The van der Waals surface area contributed by atoms with Crippen LogP contribution >= 0.6 is 0 Å². The summed E-state index contributed by atoms with van der Waals surface area (Å²) < 4.78 is 1.95. The SMILES string of the molecule is CCCCCCCCCCCCCCCCc1c(C(=O)O)ccc[n+]1C. The van der Waals surface area contributed by atoms with E-state index >= 15 is 0 Å². The van der Waals surface area contributed by atoms with Gasteiger partial charge in [-0.05, 0) is 12.5 Å². The lowest BCUT2D eigenvalue weighted by Crippen LogP contribution is -2.35. The van der Waals surface area contributed by atoms with Gasteiger partial charge in [0.15, 0.2) is 11.9 Å². The second kappa shape index (κ2) is 14.8. The Morgan fingerprint density at radius 2 is 1.31 bits per heavy atom. The molecular weight excluding hydrogens is 322 g/mol. The van der Waals surface area contributed by atoms with Gasteiger partial charge >= 0.3 is 5.97 Å². The van der Waals surface area contributed by atoms with E-state index < -0.39 is 5.97 Å².